The number of aliphatic hydroxyl groups excluding tert-OH is 6. The number of nitrogens with one attached hydrogen (secondary N) is 2. The first-order valence-corrected chi connectivity index (χ1v) is 9.04. The van der Waals surface area contributed by atoms with E-state index in [1.807, 2.05) is 0 Å². The summed E-state index contributed by atoms with van der Waals surface area (Å²) in [6, 6.07) is -2.46. The molecule has 0 aromatic heterocycles. The van der Waals surface area contributed by atoms with Crippen molar-refractivity contribution < 1.29 is 54.4 Å². The molecule has 2 saturated heterocycles. The summed E-state index contributed by atoms with van der Waals surface area (Å²) in [7, 11) is 0. The van der Waals surface area contributed by atoms with Crippen molar-refractivity contribution in [2.24, 2.45) is 0 Å². The molecule has 2 aliphatic heterocycles. The summed E-state index contributed by atoms with van der Waals surface area (Å²) in [6.07, 6.45) is -11.5. The zero-order chi connectivity index (χ0) is 21.9. The van der Waals surface area contributed by atoms with Gasteiger partial charge in [0.1, 0.15) is 48.7 Å². The van der Waals surface area contributed by atoms with Gasteiger partial charge in [0.25, 0.3) is 0 Å². The Hall–Kier alpha value is -1.42. The summed E-state index contributed by atoms with van der Waals surface area (Å²) in [4.78, 5) is 22.6. The van der Waals surface area contributed by atoms with E-state index in [-0.39, 0.29) is 0 Å². The van der Waals surface area contributed by atoms with Gasteiger partial charge in [-0.1, -0.05) is 0 Å². The molecule has 0 aromatic carbocycles. The number of amides is 2. The number of carbonyl (C=O) groups excluding carboxylic acids is 2. The van der Waals surface area contributed by atoms with Crippen LogP contribution in [0.3, 0.4) is 0 Å². The topological polar surface area (TPSA) is 207 Å². The molecule has 0 unspecified atom stereocenters. The van der Waals surface area contributed by atoms with Crippen LogP contribution in [0.5, 0.6) is 0 Å². The second-order valence-corrected chi connectivity index (χ2v) is 7.04. The molecule has 0 radical (unpaired) electrons. The molecule has 0 saturated carbocycles. The van der Waals surface area contributed by atoms with Gasteiger partial charge >= 0.3 is 0 Å². The number of hydrogen-bond donors (Lipinski definition) is 8. The Morgan fingerprint density at radius 3 is 1.90 bits per heavy atom. The van der Waals surface area contributed by atoms with E-state index >= 15 is 0 Å². The monoisotopic (exact) mass is 424 g/mol. The molecular weight excluding hydrogens is 396 g/mol. The van der Waals surface area contributed by atoms with E-state index in [4.69, 9.17) is 14.2 Å². The predicted molar refractivity (Wildman–Crippen MR) is 91.8 cm³/mol. The predicted octanol–water partition coefficient (Wildman–Crippen LogP) is -5.11. The number of rotatable bonds is 6. The lowest BCUT2D eigenvalue weighted by atomic mass is 9.96. The van der Waals surface area contributed by atoms with Gasteiger partial charge in [-0.15, -0.1) is 0 Å². The van der Waals surface area contributed by atoms with E-state index in [1.54, 1.807) is 0 Å². The smallest absolute Gasteiger partial charge is 0.217 e. The first kappa shape index (κ1) is 23.9. The molecule has 2 rings (SSSR count). The van der Waals surface area contributed by atoms with Crippen molar-refractivity contribution >= 4 is 11.8 Å². The number of carbonyl (C=O) groups is 2. The van der Waals surface area contributed by atoms with E-state index in [0.717, 1.165) is 0 Å². The van der Waals surface area contributed by atoms with Gasteiger partial charge in [0.2, 0.25) is 11.8 Å². The van der Waals surface area contributed by atoms with E-state index in [0.29, 0.717) is 0 Å². The van der Waals surface area contributed by atoms with Crippen molar-refractivity contribution in [2.75, 3.05) is 13.2 Å². The summed E-state index contributed by atoms with van der Waals surface area (Å²) in [5.74, 6) is -1.09. The minimum atomic E-state index is -1.64. The van der Waals surface area contributed by atoms with Crippen LogP contribution in [-0.4, -0.2) is 117 Å². The molecule has 10 atom stereocenters. The van der Waals surface area contributed by atoms with Crippen LogP contribution in [0, 0.1) is 0 Å². The molecule has 2 heterocycles. The maximum Gasteiger partial charge on any atom is 0.217 e. The molecule has 2 fully saturated rings. The van der Waals surface area contributed by atoms with E-state index in [1.165, 1.54) is 13.8 Å². The minimum Gasteiger partial charge on any atom is -0.394 e. The fourth-order valence-corrected chi connectivity index (χ4v) is 3.28. The highest BCUT2D eigenvalue weighted by Crippen LogP contribution is 2.25. The van der Waals surface area contributed by atoms with Crippen LogP contribution >= 0.6 is 0 Å². The molecule has 168 valence electrons. The summed E-state index contributed by atoms with van der Waals surface area (Å²) >= 11 is 0. The Labute approximate surface area is 166 Å². The molecule has 0 aliphatic carbocycles. The number of hydrogen-bond acceptors (Lipinski definition) is 11. The van der Waals surface area contributed by atoms with Crippen molar-refractivity contribution in [2.45, 2.75) is 75.1 Å². The van der Waals surface area contributed by atoms with E-state index in [9.17, 15) is 40.2 Å². The lowest BCUT2D eigenvalue weighted by Crippen LogP contribution is -2.66. The van der Waals surface area contributed by atoms with Crippen LogP contribution in [0.2, 0.25) is 0 Å². The molecule has 2 aliphatic rings. The molecule has 29 heavy (non-hydrogen) atoms. The highest BCUT2D eigenvalue weighted by atomic mass is 16.7. The zero-order valence-electron chi connectivity index (χ0n) is 15.9. The fourth-order valence-electron chi connectivity index (χ4n) is 3.28. The van der Waals surface area contributed by atoms with Gasteiger partial charge in [0.15, 0.2) is 12.6 Å². The normalized spacial score (nSPS) is 42.9. The maximum atomic E-state index is 11.4. The lowest BCUT2D eigenvalue weighted by Gasteiger charge is -2.44. The highest BCUT2D eigenvalue weighted by molar-refractivity contribution is 5.73. The van der Waals surface area contributed by atoms with Crippen molar-refractivity contribution in [3.63, 3.8) is 0 Å². The van der Waals surface area contributed by atoms with Crippen molar-refractivity contribution in [3.8, 4) is 0 Å². The van der Waals surface area contributed by atoms with Gasteiger partial charge < -0.3 is 55.5 Å². The quantitative estimate of drug-likeness (QED) is 0.202. The average Bonchev–Trinajstić information content (AvgIpc) is 2.65. The minimum absolute atomic E-state index is 0.455. The second-order valence-electron chi connectivity index (χ2n) is 7.04. The molecular formula is C16H28N2O11. The largest absolute Gasteiger partial charge is 0.394 e. The SMILES string of the molecule is CC(=O)N[C@@H]1[C@@H](O)[C@H](O)[C@@H](CO[C@@H]2O[C@H](CO)[C@@H](O)[C@H](O)[C@H]2NC(C)=O)O[C@H]1O. The van der Waals surface area contributed by atoms with Crippen molar-refractivity contribution in [1.29, 1.82) is 0 Å². The molecule has 13 heteroatoms. The Bertz CT molecular complexity index is 579. The van der Waals surface area contributed by atoms with Crippen LogP contribution < -0.4 is 10.6 Å². The third kappa shape index (κ3) is 5.59. The van der Waals surface area contributed by atoms with Crippen LogP contribution in [0.25, 0.3) is 0 Å². The first-order valence-electron chi connectivity index (χ1n) is 9.04. The Kier molecular flexibility index (Phi) is 8.28. The summed E-state index contributed by atoms with van der Waals surface area (Å²) in [5, 5.41) is 64.4. The van der Waals surface area contributed by atoms with Crippen LogP contribution in [0.15, 0.2) is 0 Å². The number of aliphatic hydroxyl groups is 6. The van der Waals surface area contributed by atoms with Gasteiger partial charge in [0, 0.05) is 13.8 Å². The first-order chi connectivity index (χ1) is 13.6. The third-order valence-electron chi connectivity index (χ3n) is 4.77. The second kappa shape index (κ2) is 10.1. The van der Waals surface area contributed by atoms with Crippen LogP contribution in [0.1, 0.15) is 13.8 Å². The van der Waals surface area contributed by atoms with Crippen LogP contribution in [-0.2, 0) is 23.8 Å². The van der Waals surface area contributed by atoms with Crippen molar-refractivity contribution in [1.82, 2.24) is 10.6 Å². The number of ether oxygens (including phenoxy) is 3. The van der Waals surface area contributed by atoms with Gasteiger partial charge in [0.05, 0.1) is 13.2 Å². The van der Waals surface area contributed by atoms with Crippen molar-refractivity contribution in [3.05, 3.63) is 0 Å². The van der Waals surface area contributed by atoms with E-state index in [2.05, 4.69) is 10.6 Å². The maximum absolute atomic E-state index is 11.4. The fraction of sp³-hybridized carbons (Fsp3) is 0.875. The Morgan fingerprint density at radius 2 is 1.34 bits per heavy atom. The average molecular weight is 424 g/mol. The van der Waals surface area contributed by atoms with Gasteiger partial charge in [-0.2, -0.15) is 0 Å². The summed E-state index contributed by atoms with van der Waals surface area (Å²) in [6.45, 7) is 1.26. The summed E-state index contributed by atoms with van der Waals surface area (Å²) < 4.78 is 16.0. The molecule has 2 amide bonds. The Balaban J connectivity index is 2.05. The van der Waals surface area contributed by atoms with Gasteiger partial charge in [-0.3, -0.25) is 9.59 Å². The van der Waals surface area contributed by atoms with Gasteiger partial charge in [-0.05, 0) is 0 Å². The lowest BCUT2D eigenvalue weighted by molar-refractivity contribution is -0.297. The molecule has 0 bridgehead atoms. The Morgan fingerprint density at radius 1 is 0.828 bits per heavy atom. The zero-order valence-corrected chi connectivity index (χ0v) is 15.9. The van der Waals surface area contributed by atoms with Gasteiger partial charge in [-0.25, -0.2) is 0 Å². The van der Waals surface area contributed by atoms with Crippen LogP contribution in [0.4, 0.5) is 0 Å². The highest BCUT2D eigenvalue weighted by Gasteiger charge is 2.48. The standard InChI is InChI=1S/C16H28N2O11/c1-5(20)17-9-13(24)12(23)8(28-15(9)26)4-27-16-10(18-6(2)21)14(25)11(22)7(3-19)29-16/h7-16,19,22-26H,3-4H2,1-2H3,(H,17,20)(H,18,21)/t7-,8-,9-,10-,11-,12-,13-,14-,15-,16-/m1/s1. The molecule has 8 N–H and O–H groups in total. The molecule has 0 aromatic rings. The third-order valence-corrected chi connectivity index (χ3v) is 4.77. The molecule has 0 spiro atoms. The molecule has 13 nitrogen and oxygen atoms in total. The summed E-state index contributed by atoms with van der Waals surface area (Å²) in [5.41, 5.74) is 0. The van der Waals surface area contributed by atoms with E-state index < -0.39 is 86.3 Å².